The van der Waals surface area contributed by atoms with Gasteiger partial charge < -0.3 is 20.5 Å². The predicted molar refractivity (Wildman–Crippen MR) is 77.8 cm³/mol. The Balaban J connectivity index is 2.08. The zero-order valence-electron chi connectivity index (χ0n) is 12.4. The summed E-state index contributed by atoms with van der Waals surface area (Å²) in [6.45, 7) is 8.13. The molecule has 0 saturated carbocycles. The molecule has 0 unspecified atom stereocenters. The van der Waals surface area contributed by atoms with Crippen molar-refractivity contribution in [2.24, 2.45) is 0 Å². The van der Waals surface area contributed by atoms with Crippen molar-refractivity contribution in [3.05, 3.63) is 23.8 Å². The van der Waals surface area contributed by atoms with E-state index in [1.807, 2.05) is 32.0 Å². The van der Waals surface area contributed by atoms with Crippen LogP contribution in [-0.4, -0.2) is 28.8 Å². The van der Waals surface area contributed by atoms with Gasteiger partial charge in [0.15, 0.2) is 6.61 Å². The van der Waals surface area contributed by atoms with Crippen LogP contribution >= 0.6 is 0 Å². The average Bonchev–Trinajstić information content (AvgIpc) is 2.34. The summed E-state index contributed by atoms with van der Waals surface area (Å²) in [4.78, 5) is 11.3. The van der Waals surface area contributed by atoms with Crippen LogP contribution in [0.25, 0.3) is 0 Å². The molecule has 0 bridgehead atoms. The van der Waals surface area contributed by atoms with Gasteiger partial charge in [-0.25, -0.2) is 0 Å². The van der Waals surface area contributed by atoms with E-state index in [0.717, 1.165) is 5.56 Å². The van der Waals surface area contributed by atoms with Gasteiger partial charge >= 0.3 is 0 Å². The molecule has 20 heavy (non-hydrogen) atoms. The predicted octanol–water partition coefficient (Wildman–Crippen LogP) is 1.66. The molecule has 5 heteroatoms. The minimum atomic E-state index is -0.835. The number of fused-ring (bicyclic) bond motifs is 1. The molecule has 1 aliphatic heterocycles. The minimum Gasteiger partial charge on any atom is -0.482 e. The molecule has 1 amide bonds. The number of hydrogen-bond donors (Lipinski definition) is 3. The van der Waals surface area contributed by atoms with Crippen LogP contribution in [-0.2, 0) is 11.3 Å². The van der Waals surface area contributed by atoms with Crippen molar-refractivity contribution in [2.45, 2.75) is 45.4 Å². The summed E-state index contributed by atoms with van der Waals surface area (Å²) in [7, 11) is 0. The topological polar surface area (TPSA) is 70.6 Å². The second-order valence-electron chi connectivity index (χ2n) is 6.20. The van der Waals surface area contributed by atoms with Gasteiger partial charge in [0, 0.05) is 12.1 Å². The van der Waals surface area contributed by atoms with Gasteiger partial charge in [-0.05, 0) is 45.4 Å². The smallest absolute Gasteiger partial charge is 0.262 e. The number of carbonyl (C=O) groups is 1. The Bertz CT molecular complexity index is 518. The summed E-state index contributed by atoms with van der Waals surface area (Å²) in [6.07, 6.45) is 0. The first-order chi connectivity index (χ1) is 9.19. The number of nitrogens with one attached hydrogen (secondary N) is 2. The molecule has 2 rings (SSSR count). The fourth-order valence-corrected chi connectivity index (χ4v) is 1.78. The van der Waals surface area contributed by atoms with Gasteiger partial charge in [-0.3, -0.25) is 4.79 Å². The Morgan fingerprint density at radius 1 is 1.35 bits per heavy atom. The lowest BCUT2D eigenvalue weighted by molar-refractivity contribution is -0.118. The maximum absolute atomic E-state index is 11.3. The van der Waals surface area contributed by atoms with Crippen LogP contribution in [0.3, 0.4) is 0 Å². The number of anilines is 1. The number of amides is 1. The van der Waals surface area contributed by atoms with Crippen LogP contribution in [0.2, 0.25) is 0 Å². The molecule has 0 radical (unpaired) electrons. The fraction of sp³-hybridized carbons (Fsp3) is 0.533. The highest BCUT2D eigenvalue weighted by Crippen LogP contribution is 2.29. The van der Waals surface area contributed by atoms with E-state index >= 15 is 0 Å². The number of benzene rings is 1. The molecule has 5 nitrogen and oxygen atoms in total. The van der Waals surface area contributed by atoms with Crippen LogP contribution in [0.1, 0.15) is 33.3 Å². The number of ether oxygens (including phenoxy) is 1. The van der Waals surface area contributed by atoms with Crippen molar-refractivity contribution >= 4 is 11.6 Å². The second-order valence-corrected chi connectivity index (χ2v) is 6.20. The van der Waals surface area contributed by atoms with Crippen molar-refractivity contribution in [1.29, 1.82) is 0 Å². The molecule has 1 aromatic rings. The lowest BCUT2D eigenvalue weighted by atomic mass is 9.86. The lowest BCUT2D eigenvalue weighted by Crippen LogP contribution is -2.55. The van der Waals surface area contributed by atoms with Crippen molar-refractivity contribution < 1.29 is 14.6 Å². The van der Waals surface area contributed by atoms with Gasteiger partial charge in [0.2, 0.25) is 0 Å². The molecule has 3 N–H and O–H groups in total. The zero-order chi connectivity index (χ0) is 15.0. The molecule has 0 saturated heterocycles. The molecule has 0 spiro atoms. The van der Waals surface area contributed by atoms with Crippen LogP contribution in [0, 0.1) is 0 Å². The summed E-state index contributed by atoms with van der Waals surface area (Å²) in [5, 5.41) is 16.2. The number of hydrogen-bond acceptors (Lipinski definition) is 4. The van der Waals surface area contributed by atoms with Gasteiger partial charge in [-0.2, -0.15) is 0 Å². The molecule has 0 aromatic heterocycles. The molecular weight excluding hydrogens is 256 g/mol. The SMILES string of the molecule is CC(C)(O)C(C)(C)NCc1ccc2c(c1)NC(=O)CO2. The number of rotatable bonds is 4. The highest BCUT2D eigenvalue weighted by Gasteiger charge is 2.34. The van der Waals surface area contributed by atoms with Gasteiger partial charge in [-0.1, -0.05) is 6.07 Å². The Kier molecular flexibility index (Phi) is 3.75. The second kappa shape index (κ2) is 5.07. The lowest BCUT2D eigenvalue weighted by Gasteiger charge is -2.38. The molecule has 0 fully saturated rings. The first-order valence-corrected chi connectivity index (χ1v) is 6.72. The van der Waals surface area contributed by atoms with Crippen LogP contribution in [0.15, 0.2) is 18.2 Å². The maximum atomic E-state index is 11.3. The molecule has 1 heterocycles. The molecule has 0 atom stereocenters. The minimum absolute atomic E-state index is 0.0658. The highest BCUT2D eigenvalue weighted by molar-refractivity contribution is 5.95. The van der Waals surface area contributed by atoms with Gasteiger partial charge in [0.25, 0.3) is 5.91 Å². The normalized spacial score (nSPS) is 15.3. The van der Waals surface area contributed by atoms with E-state index in [0.29, 0.717) is 18.0 Å². The third-order valence-electron chi connectivity index (χ3n) is 3.94. The Morgan fingerprint density at radius 2 is 2.05 bits per heavy atom. The number of aliphatic hydroxyl groups is 1. The van der Waals surface area contributed by atoms with Crippen LogP contribution in [0.4, 0.5) is 5.69 Å². The van der Waals surface area contributed by atoms with E-state index in [9.17, 15) is 9.90 Å². The van der Waals surface area contributed by atoms with Crippen molar-refractivity contribution in [3.8, 4) is 5.75 Å². The Morgan fingerprint density at radius 3 is 2.70 bits per heavy atom. The van der Waals surface area contributed by atoms with E-state index in [1.165, 1.54) is 0 Å². The third kappa shape index (κ3) is 3.11. The quantitative estimate of drug-likeness (QED) is 0.783. The highest BCUT2D eigenvalue weighted by atomic mass is 16.5. The van der Waals surface area contributed by atoms with Crippen molar-refractivity contribution in [1.82, 2.24) is 5.32 Å². The molecule has 1 aromatic carbocycles. The van der Waals surface area contributed by atoms with Crippen molar-refractivity contribution in [3.63, 3.8) is 0 Å². The molecule has 1 aliphatic rings. The summed E-state index contributed by atoms with van der Waals surface area (Å²) < 4.78 is 5.32. The Labute approximate surface area is 119 Å². The standard InChI is InChI=1S/C15H22N2O3/c1-14(2,15(3,4)19)16-8-10-5-6-12-11(7-10)17-13(18)9-20-12/h5-7,16,19H,8-9H2,1-4H3,(H,17,18). The molecule has 110 valence electrons. The maximum Gasteiger partial charge on any atom is 0.262 e. The van der Waals surface area contributed by atoms with Gasteiger partial charge in [0.1, 0.15) is 5.75 Å². The monoisotopic (exact) mass is 278 g/mol. The average molecular weight is 278 g/mol. The van der Waals surface area contributed by atoms with Crippen molar-refractivity contribution in [2.75, 3.05) is 11.9 Å². The third-order valence-corrected chi connectivity index (χ3v) is 3.94. The summed E-state index contributed by atoms with van der Waals surface area (Å²) in [6, 6.07) is 5.69. The first-order valence-electron chi connectivity index (χ1n) is 6.72. The van der Waals surface area contributed by atoms with E-state index in [-0.39, 0.29) is 12.5 Å². The van der Waals surface area contributed by atoms with E-state index < -0.39 is 11.1 Å². The fourth-order valence-electron chi connectivity index (χ4n) is 1.78. The first kappa shape index (κ1) is 14.8. The van der Waals surface area contributed by atoms with E-state index in [2.05, 4.69) is 10.6 Å². The van der Waals surface area contributed by atoms with Gasteiger partial charge in [-0.15, -0.1) is 0 Å². The van der Waals surface area contributed by atoms with E-state index in [1.54, 1.807) is 13.8 Å². The molecular formula is C15H22N2O3. The zero-order valence-corrected chi connectivity index (χ0v) is 12.4. The summed E-state index contributed by atoms with van der Waals surface area (Å²) in [5.41, 5.74) is 0.453. The van der Waals surface area contributed by atoms with Gasteiger partial charge in [0.05, 0.1) is 11.3 Å². The Hall–Kier alpha value is -1.59. The van der Waals surface area contributed by atoms with E-state index in [4.69, 9.17) is 4.74 Å². The largest absolute Gasteiger partial charge is 0.482 e. The summed E-state index contributed by atoms with van der Waals surface area (Å²) >= 11 is 0. The summed E-state index contributed by atoms with van der Waals surface area (Å²) in [5.74, 6) is 0.550. The van der Waals surface area contributed by atoms with Crippen LogP contribution < -0.4 is 15.4 Å². The molecule has 0 aliphatic carbocycles. The van der Waals surface area contributed by atoms with Crippen LogP contribution in [0.5, 0.6) is 5.75 Å². The number of carbonyl (C=O) groups excluding carboxylic acids is 1.